The number of nitrogens with zero attached hydrogens (tertiary/aromatic N) is 4. The molecule has 1 atom stereocenters. The standard InChI is InChI=1S/C15H21N5O2/c1-3-11(2)17-15(21)12-4-5-20-14(18-12)13(10-16-20)19-6-8-22-9-7-19/h4-5,10-11H,3,6-9H2,1-2H3,(H,17,21). The topological polar surface area (TPSA) is 71.8 Å². The average molecular weight is 303 g/mol. The van der Waals surface area contributed by atoms with Gasteiger partial charge >= 0.3 is 0 Å². The third-order valence-corrected chi connectivity index (χ3v) is 3.92. The van der Waals surface area contributed by atoms with Gasteiger partial charge in [-0.05, 0) is 19.4 Å². The van der Waals surface area contributed by atoms with E-state index < -0.39 is 0 Å². The molecule has 1 amide bonds. The molecule has 0 saturated carbocycles. The maximum atomic E-state index is 12.2. The number of hydrogen-bond donors (Lipinski definition) is 1. The predicted molar refractivity (Wildman–Crippen MR) is 83.2 cm³/mol. The number of morpholine rings is 1. The molecule has 0 aliphatic carbocycles. The molecule has 3 heterocycles. The quantitative estimate of drug-likeness (QED) is 0.915. The molecule has 2 aromatic rings. The van der Waals surface area contributed by atoms with E-state index in [0.717, 1.165) is 25.2 Å². The van der Waals surface area contributed by atoms with Crippen molar-refractivity contribution in [3.8, 4) is 0 Å². The number of nitrogens with one attached hydrogen (secondary N) is 1. The van der Waals surface area contributed by atoms with E-state index in [2.05, 4.69) is 20.3 Å². The van der Waals surface area contributed by atoms with Crippen LogP contribution >= 0.6 is 0 Å². The lowest BCUT2D eigenvalue weighted by atomic mass is 10.2. The Hall–Kier alpha value is -2.15. The summed E-state index contributed by atoms with van der Waals surface area (Å²) in [6, 6.07) is 1.83. The minimum absolute atomic E-state index is 0.133. The first kappa shape index (κ1) is 14.8. The lowest BCUT2D eigenvalue weighted by molar-refractivity contribution is 0.0934. The van der Waals surface area contributed by atoms with Gasteiger partial charge in [-0.3, -0.25) is 4.79 Å². The van der Waals surface area contributed by atoms with Gasteiger partial charge in [0.2, 0.25) is 0 Å². The van der Waals surface area contributed by atoms with Crippen molar-refractivity contribution in [2.24, 2.45) is 0 Å². The summed E-state index contributed by atoms with van der Waals surface area (Å²) in [5, 5.41) is 7.25. The Morgan fingerprint density at radius 2 is 2.23 bits per heavy atom. The summed E-state index contributed by atoms with van der Waals surface area (Å²) in [7, 11) is 0. The van der Waals surface area contributed by atoms with Crippen molar-refractivity contribution >= 4 is 17.2 Å². The van der Waals surface area contributed by atoms with Crippen molar-refractivity contribution in [2.45, 2.75) is 26.3 Å². The molecule has 1 N–H and O–H groups in total. The van der Waals surface area contributed by atoms with Crippen LogP contribution in [0.5, 0.6) is 0 Å². The Morgan fingerprint density at radius 3 is 2.95 bits per heavy atom. The van der Waals surface area contributed by atoms with Gasteiger partial charge in [0, 0.05) is 25.3 Å². The summed E-state index contributed by atoms with van der Waals surface area (Å²) in [6.45, 7) is 7.04. The van der Waals surface area contributed by atoms with Gasteiger partial charge in [-0.15, -0.1) is 0 Å². The highest BCUT2D eigenvalue weighted by Crippen LogP contribution is 2.21. The van der Waals surface area contributed by atoms with E-state index >= 15 is 0 Å². The molecule has 22 heavy (non-hydrogen) atoms. The van der Waals surface area contributed by atoms with Crippen LogP contribution in [0, 0.1) is 0 Å². The zero-order valence-corrected chi connectivity index (χ0v) is 13.0. The Bertz CT molecular complexity index is 663. The molecule has 1 aliphatic rings. The summed E-state index contributed by atoms with van der Waals surface area (Å²) < 4.78 is 7.07. The highest BCUT2D eigenvalue weighted by Gasteiger charge is 2.18. The van der Waals surface area contributed by atoms with Gasteiger partial charge in [0.25, 0.3) is 5.91 Å². The SMILES string of the molecule is CCC(C)NC(=O)c1ccn2ncc(N3CCOCC3)c2n1. The average Bonchev–Trinajstić information content (AvgIpc) is 2.98. The molecule has 7 nitrogen and oxygen atoms in total. The second-order valence-electron chi connectivity index (χ2n) is 5.49. The molecule has 1 unspecified atom stereocenters. The molecule has 0 bridgehead atoms. The summed E-state index contributed by atoms with van der Waals surface area (Å²) >= 11 is 0. The van der Waals surface area contributed by atoms with Gasteiger partial charge in [0.15, 0.2) is 5.65 Å². The van der Waals surface area contributed by atoms with E-state index in [-0.39, 0.29) is 11.9 Å². The van der Waals surface area contributed by atoms with Crippen LogP contribution in [-0.2, 0) is 4.74 Å². The number of carbonyl (C=O) groups excluding carboxylic acids is 1. The van der Waals surface area contributed by atoms with E-state index in [1.807, 2.05) is 13.8 Å². The number of aromatic nitrogens is 3. The van der Waals surface area contributed by atoms with Crippen LogP contribution in [0.1, 0.15) is 30.8 Å². The Morgan fingerprint density at radius 1 is 1.45 bits per heavy atom. The van der Waals surface area contributed by atoms with Crippen molar-refractivity contribution in [1.82, 2.24) is 19.9 Å². The normalized spacial score (nSPS) is 16.7. The van der Waals surface area contributed by atoms with Crippen LogP contribution in [-0.4, -0.2) is 52.9 Å². The number of amides is 1. The second-order valence-corrected chi connectivity index (χ2v) is 5.49. The van der Waals surface area contributed by atoms with E-state index in [1.54, 1.807) is 23.0 Å². The van der Waals surface area contributed by atoms with Crippen molar-refractivity contribution in [2.75, 3.05) is 31.2 Å². The number of anilines is 1. The first-order valence-electron chi connectivity index (χ1n) is 7.67. The minimum Gasteiger partial charge on any atom is -0.378 e. The lowest BCUT2D eigenvalue weighted by Gasteiger charge is -2.27. The van der Waals surface area contributed by atoms with Gasteiger partial charge in [-0.2, -0.15) is 5.10 Å². The van der Waals surface area contributed by atoms with Crippen LogP contribution in [0.3, 0.4) is 0 Å². The molecule has 7 heteroatoms. The number of hydrogen-bond acceptors (Lipinski definition) is 5. The van der Waals surface area contributed by atoms with Crippen molar-refractivity contribution in [3.63, 3.8) is 0 Å². The molecule has 0 radical (unpaired) electrons. The Kier molecular flexibility index (Phi) is 4.24. The van der Waals surface area contributed by atoms with Gasteiger partial charge in [-0.25, -0.2) is 9.50 Å². The Labute approximate surface area is 129 Å². The maximum absolute atomic E-state index is 12.2. The number of rotatable bonds is 4. The summed E-state index contributed by atoms with van der Waals surface area (Å²) in [4.78, 5) is 18.9. The summed E-state index contributed by atoms with van der Waals surface area (Å²) in [5.74, 6) is -0.147. The van der Waals surface area contributed by atoms with E-state index in [0.29, 0.717) is 24.6 Å². The monoisotopic (exact) mass is 303 g/mol. The minimum atomic E-state index is -0.147. The van der Waals surface area contributed by atoms with Crippen LogP contribution in [0.2, 0.25) is 0 Å². The number of ether oxygens (including phenoxy) is 1. The highest BCUT2D eigenvalue weighted by atomic mass is 16.5. The zero-order chi connectivity index (χ0) is 15.5. The van der Waals surface area contributed by atoms with E-state index in [4.69, 9.17) is 4.74 Å². The molecule has 1 fully saturated rings. The zero-order valence-electron chi connectivity index (χ0n) is 13.0. The smallest absolute Gasteiger partial charge is 0.270 e. The van der Waals surface area contributed by atoms with Crippen LogP contribution in [0.4, 0.5) is 5.69 Å². The first-order chi connectivity index (χ1) is 10.7. The molecule has 1 aliphatic heterocycles. The maximum Gasteiger partial charge on any atom is 0.270 e. The largest absolute Gasteiger partial charge is 0.378 e. The van der Waals surface area contributed by atoms with Crippen molar-refractivity contribution < 1.29 is 9.53 Å². The molecule has 0 spiro atoms. The summed E-state index contributed by atoms with van der Waals surface area (Å²) in [6.07, 6.45) is 4.46. The van der Waals surface area contributed by atoms with Gasteiger partial charge in [0.05, 0.1) is 19.4 Å². The molecule has 2 aromatic heterocycles. The van der Waals surface area contributed by atoms with E-state index in [9.17, 15) is 4.79 Å². The fraction of sp³-hybridized carbons (Fsp3) is 0.533. The fourth-order valence-corrected chi connectivity index (χ4v) is 2.41. The Balaban J connectivity index is 1.89. The molecule has 1 saturated heterocycles. The number of fused-ring (bicyclic) bond motifs is 1. The molecular weight excluding hydrogens is 282 g/mol. The van der Waals surface area contributed by atoms with Gasteiger partial charge < -0.3 is 15.0 Å². The number of carbonyl (C=O) groups is 1. The molecule has 0 aromatic carbocycles. The third-order valence-electron chi connectivity index (χ3n) is 3.92. The van der Waals surface area contributed by atoms with Crippen LogP contribution in [0.25, 0.3) is 5.65 Å². The van der Waals surface area contributed by atoms with E-state index in [1.165, 1.54) is 0 Å². The molecule has 118 valence electrons. The van der Waals surface area contributed by atoms with Crippen molar-refractivity contribution in [1.29, 1.82) is 0 Å². The molecular formula is C15H21N5O2. The van der Waals surface area contributed by atoms with Crippen LogP contribution < -0.4 is 10.2 Å². The van der Waals surface area contributed by atoms with Gasteiger partial charge in [0.1, 0.15) is 11.4 Å². The van der Waals surface area contributed by atoms with Gasteiger partial charge in [-0.1, -0.05) is 6.92 Å². The molecule has 3 rings (SSSR count). The van der Waals surface area contributed by atoms with Crippen molar-refractivity contribution in [3.05, 3.63) is 24.2 Å². The second kappa shape index (κ2) is 6.31. The van der Waals surface area contributed by atoms with Crippen LogP contribution in [0.15, 0.2) is 18.5 Å². The highest BCUT2D eigenvalue weighted by molar-refractivity contribution is 5.93. The first-order valence-corrected chi connectivity index (χ1v) is 7.67. The third kappa shape index (κ3) is 2.89. The summed E-state index contributed by atoms with van der Waals surface area (Å²) in [5.41, 5.74) is 2.07. The fourth-order valence-electron chi connectivity index (χ4n) is 2.41. The predicted octanol–water partition coefficient (Wildman–Crippen LogP) is 1.09. The lowest BCUT2D eigenvalue weighted by Crippen LogP contribution is -2.36.